The first-order valence-corrected chi connectivity index (χ1v) is 18.8. The molecule has 10 rings (SSSR count). The Labute approximate surface area is 333 Å². The summed E-state index contributed by atoms with van der Waals surface area (Å²) in [6.07, 6.45) is 0. The Hall–Kier alpha value is -7.36. The van der Waals surface area contributed by atoms with Crippen molar-refractivity contribution in [2.24, 2.45) is 7.05 Å². The molecule has 0 N–H and O–H groups in total. The Morgan fingerprint density at radius 3 is 1.70 bits per heavy atom. The lowest BCUT2D eigenvalue weighted by molar-refractivity contribution is 1.01. The van der Waals surface area contributed by atoms with Crippen LogP contribution in [0.5, 0.6) is 0 Å². The van der Waals surface area contributed by atoms with E-state index in [0.29, 0.717) is 5.56 Å². The van der Waals surface area contributed by atoms with Crippen molar-refractivity contribution < 1.29 is 5.48 Å². The summed E-state index contributed by atoms with van der Waals surface area (Å²) in [5.41, 5.74) is 10.2. The maximum Gasteiger partial charge on any atom is 0.0645 e. The highest BCUT2D eigenvalue weighted by molar-refractivity contribution is 6.10. The Balaban J connectivity index is 1.11. The molecule has 0 radical (unpaired) electrons. The van der Waals surface area contributed by atoms with Gasteiger partial charge in [0.1, 0.15) is 0 Å². The number of benzene rings is 9. The van der Waals surface area contributed by atoms with Gasteiger partial charge >= 0.3 is 0 Å². The molecule has 9 aromatic carbocycles. The van der Waals surface area contributed by atoms with Gasteiger partial charge in [-0.15, -0.1) is 0 Å². The van der Waals surface area contributed by atoms with Crippen molar-refractivity contribution in [3.8, 4) is 22.3 Å². The van der Waals surface area contributed by atoms with Gasteiger partial charge in [-0.05, 0) is 112 Å². The lowest BCUT2D eigenvalue weighted by Crippen LogP contribution is -2.11. The van der Waals surface area contributed by atoms with Crippen LogP contribution in [0.25, 0.3) is 54.8 Å². The van der Waals surface area contributed by atoms with E-state index in [-0.39, 0.29) is 35.4 Å². The molecule has 0 fully saturated rings. The second-order valence-corrected chi connectivity index (χ2v) is 14.0. The fourth-order valence-electron chi connectivity index (χ4n) is 7.90. The first-order valence-electron chi connectivity index (χ1n) is 20.8. The minimum atomic E-state index is -0.106. The quantitative estimate of drug-likeness (QED) is 0.155. The van der Waals surface area contributed by atoms with Gasteiger partial charge in [0.15, 0.2) is 0 Å². The minimum absolute atomic E-state index is 0.0913. The van der Waals surface area contributed by atoms with Crippen LogP contribution in [0.2, 0.25) is 0 Å². The summed E-state index contributed by atoms with van der Waals surface area (Å²) in [6.45, 7) is 0. The van der Waals surface area contributed by atoms with Gasteiger partial charge in [0.25, 0.3) is 0 Å². The summed E-state index contributed by atoms with van der Waals surface area (Å²) in [4.78, 5) is 4.12. The van der Waals surface area contributed by atoms with Crippen LogP contribution in [-0.4, -0.2) is 4.57 Å². The van der Waals surface area contributed by atoms with Crippen LogP contribution in [-0.2, 0) is 7.05 Å². The van der Waals surface area contributed by atoms with Gasteiger partial charge in [-0.3, -0.25) is 0 Å². The van der Waals surface area contributed by atoms with E-state index in [0.717, 1.165) is 55.9 Å². The number of rotatable bonds is 8. The van der Waals surface area contributed by atoms with Crippen LogP contribution < -0.4 is 9.80 Å². The molecule has 10 aromatic rings. The molecule has 0 aliphatic carbocycles. The molecule has 266 valence electrons. The largest absolute Gasteiger partial charge is 0.344 e. The maximum absolute atomic E-state index is 9.29. The number of aryl methyl sites for hydroxylation is 1. The normalized spacial score (nSPS) is 12.3. The van der Waals surface area contributed by atoms with Gasteiger partial charge in [-0.1, -0.05) is 133 Å². The molecule has 0 bridgehead atoms. The van der Waals surface area contributed by atoms with Gasteiger partial charge in [-0.2, -0.15) is 0 Å². The molecule has 0 amide bonds. The second kappa shape index (κ2) is 14.1. The van der Waals surface area contributed by atoms with Crippen LogP contribution in [0.15, 0.2) is 218 Å². The second-order valence-electron chi connectivity index (χ2n) is 14.0. The number of para-hydroxylation sites is 4. The predicted molar refractivity (Wildman–Crippen MR) is 238 cm³/mol. The third-order valence-electron chi connectivity index (χ3n) is 10.6. The van der Waals surface area contributed by atoms with Crippen molar-refractivity contribution in [2.45, 2.75) is 0 Å². The van der Waals surface area contributed by atoms with Crippen molar-refractivity contribution in [2.75, 3.05) is 9.80 Å². The fourth-order valence-corrected chi connectivity index (χ4v) is 7.90. The highest BCUT2D eigenvalue weighted by Crippen LogP contribution is 2.44. The zero-order chi connectivity index (χ0) is 40.9. The molecule has 0 spiro atoms. The first-order chi connectivity index (χ1) is 29.4. The number of hydrogen-bond donors (Lipinski definition) is 0. The lowest BCUT2D eigenvalue weighted by Gasteiger charge is -2.28. The monoisotopic (exact) mass is 721 g/mol. The number of anilines is 6. The number of nitrogens with zero attached hydrogens (tertiary/aromatic N) is 3. The number of hydrogen-bond acceptors (Lipinski definition) is 2. The van der Waals surface area contributed by atoms with Crippen LogP contribution >= 0.6 is 0 Å². The molecule has 1 aromatic heterocycles. The van der Waals surface area contributed by atoms with Crippen LogP contribution in [0.1, 0.15) is 5.48 Å². The topological polar surface area (TPSA) is 11.4 Å². The number of aromatic nitrogens is 1. The maximum atomic E-state index is 9.29. The highest BCUT2D eigenvalue weighted by Gasteiger charge is 2.20. The van der Waals surface area contributed by atoms with Gasteiger partial charge in [0.2, 0.25) is 0 Å². The molecule has 0 atom stereocenters. The molecule has 0 saturated carbocycles. The van der Waals surface area contributed by atoms with Crippen molar-refractivity contribution in [3.05, 3.63) is 218 Å². The number of fused-ring (bicyclic) bond motifs is 4. The highest BCUT2D eigenvalue weighted by atomic mass is 15.1. The first kappa shape index (κ1) is 29.1. The van der Waals surface area contributed by atoms with Gasteiger partial charge in [0, 0.05) is 62.9 Å². The van der Waals surface area contributed by atoms with E-state index >= 15 is 0 Å². The molecule has 3 heteroatoms. The minimum Gasteiger partial charge on any atom is -0.344 e. The van der Waals surface area contributed by atoms with E-state index in [4.69, 9.17) is 0 Å². The van der Waals surface area contributed by atoms with E-state index < -0.39 is 0 Å². The van der Waals surface area contributed by atoms with E-state index in [1.807, 2.05) is 84.9 Å². The molecule has 0 aliphatic heterocycles. The van der Waals surface area contributed by atoms with E-state index in [1.54, 1.807) is 4.90 Å². The summed E-state index contributed by atoms with van der Waals surface area (Å²) in [5.74, 6) is 0. The lowest BCUT2D eigenvalue weighted by atomic mass is 9.99. The summed E-state index contributed by atoms with van der Waals surface area (Å²) < 4.78 is 39.4. The molecule has 56 heavy (non-hydrogen) atoms. The van der Waals surface area contributed by atoms with E-state index in [1.165, 1.54) is 16.3 Å². The van der Waals surface area contributed by atoms with E-state index in [9.17, 15) is 5.48 Å². The zero-order valence-electron chi connectivity index (χ0n) is 34.8. The summed E-state index contributed by atoms with van der Waals surface area (Å²) in [6, 6.07) is 65.2. The predicted octanol–water partition coefficient (Wildman–Crippen LogP) is 14.8. The Morgan fingerprint density at radius 2 is 0.946 bits per heavy atom. The van der Waals surface area contributed by atoms with Crippen molar-refractivity contribution in [3.63, 3.8) is 0 Å². The fraction of sp³-hybridized carbons (Fsp3) is 0.0189. The van der Waals surface area contributed by atoms with Gasteiger partial charge < -0.3 is 14.4 Å². The Bertz CT molecular complexity index is 3150. The molecular formula is C53H39N3. The van der Waals surface area contributed by atoms with Crippen molar-refractivity contribution in [1.82, 2.24) is 4.57 Å². The standard InChI is InChI=1S/C53H39N3/c1-54-51-23-13-12-22-49(51)50-37-47(33-34-52(50)54)56(53-24-14-11-21-48(53)39-15-5-2-6-16-39)46-32-29-41-35-40(25-26-42(41)36-46)38-27-30-45(31-28-38)55(43-17-7-3-8-18-43)44-19-9-4-10-20-44/h2-37H,1H3/i27D,28D,30D,31D. The smallest absolute Gasteiger partial charge is 0.0645 e. The van der Waals surface area contributed by atoms with Crippen molar-refractivity contribution in [1.29, 1.82) is 0 Å². The molecule has 3 nitrogen and oxygen atoms in total. The van der Waals surface area contributed by atoms with E-state index in [2.05, 4.69) is 126 Å². The zero-order valence-corrected chi connectivity index (χ0v) is 30.8. The van der Waals surface area contributed by atoms with Crippen LogP contribution in [0.3, 0.4) is 0 Å². The molecule has 1 heterocycles. The Kier molecular flexibility index (Phi) is 7.33. The SMILES string of the molecule is [2H]c1c([2H])c(N(c2ccccc2)c2ccccc2)c([2H])c([2H])c1-c1ccc2cc(N(c3ccc4c(c3)c3ccccc3n4C)c3ccccc3-c3ccccc3)ccc2c1. The molecule has 0 unspecified atom stereocenters. The molecular weight excluding hydrogens is 679 g/mol. The summed E-state index contributed by atoms with van der Waals surface area (Å²) in [5, 5.41) is 4.29. The van der Waals surface area contributed by atoms with Gasteiger partial charge in [-0.25, -0.2) is 0 Å². The molecule has 0 saturated heterocycles. The van der Waals surface area contributed by atoms with Gasteiger partial charge in [0.05, 0.1) is 11.2 Å². The van der Waals surface area contributed by atoms with Crippen molar-refractivity contribution >= 4 is 66.7 Å². The summed E-state index contributed by atoms with van der Waals surface area (Å²) >= 11 is 0. The Morgan fingerprint density at radius 1 is 0.375 bits per heavy atom. The summed E-state index contributed by atoms with van der Waals surface area (Å²) in [7, 11) is 2.12. The average Bonchev–Trinajstić information content (AvgIpc) is 3.58. The third-order valence-corrected chi connectivity index (χ3v) is 10.6. The van der Waals surface area contributed by atoms with Crippen LogP contribution in [0, 0.1) is 0 Å². The average molecular weight is 722 g/mol. The van der Waals surface area contributed by atoms with Crippen LogP contribution in [0.4, 0.5) is 34.1 Å². The molecule has 0 aliphatic rings. The third kappa shape index (κ3) is 5.96.